The number of imidazole rings is 1. The molecule has 0 fully saturated rings. The monoisotopic (exact) mass is 528 g/mol. The highest BCUT2D eigenvalue weighted by Crippen LogP contribution is 2.26. The SMILES string of the molecule is CCOC(=O)c1sc(NC(=O)CSc2nc3c(c(=O)n(C)c(=O)n3C)n2Cc2ccccc2)nc1C. The molecular formula is C23H24N6O5S2. The highest BCUT2D eigenvalue weighted by atomic mass is 32.2. The fourth-order valence-corrected chi connectivity index (χ4v) is 5.24. The van der Waals surface area contributed by atoms with Crippen LogP contribution in [0.3, 0.4) is 0 Å². The summed E-state index contributed by atoms with van der Waals surface area (Å²) in [4.78, 5) is 59.2. The topological polar surface area (TPSA) is 130 Å². The van der Waals surface area contributed by atoms with Gasteiger partial charge in [0, 0.05) is 14.1 Å². The number of amides is 1. The third-order valence-corrected chi connectivity index (χ3v) is 7.36. The van der Waals surface area contributed by atoms with E-state index in [1.807, 2.05) is 30.3 Å². The Bertz CT molecular complexity index is 1570. The lowest BCUT2D eigenvalue weighted by molar-refractivity contribution is -0.113. The van der Waals surface area contributed by atoms with Gasteiger partial charge in [0.1, 0.15) is 4.88 Å². The maximum absolute atomic E-state index is 13.0. The van der Waals surface area contributed by atoms with Gasteiger partial charge in [0.25, 0.3) is 5.56 Å². The average Bonchev–Trinajstić information content (AvgIpc) is 3.41. The van der Waals surface area contributed by atoms with E-state index < -0.39 is 17.2 Å². The largest absolute Gasteiger partial charge is 0.462 e. The Hall–Kier alpha value is -3.71. The van der Waals surface area contributed by atoms with Crippen molar-refractivity contribution in [3.05, 3.63) is 67.3 Å². The maximum atomic E-state index is 13.0. The van der Waals surface area contributed by atoms with Crippen molar-refractivity contribution >= 4 is 51.3 Å². The molecule has 1 amide bonds. The van der Waals surface area contributed by atoms with E-state index in [9.17, 15) is 19.2 Å². The first-order valence-electron chi connectivity index (χ1n) is 11.0. The molecule has 0 aliphatic carbocycles. The van der Waals surface area contributed by atoms with Crippen molar-refractivity contribution in [3.8, 4) is 0 Å². The molecule has 11 nitrogen and oxygen atoms in total. The summed E-state index contributed by atoms with van der Waals surface area (Å²) in [5.41, 5.74) is 0.990. The number of rotatable bonds is 8. The molecule has 0 spiro atoms. The molecule has 0 aliphatic rings. The van der Waals surface area contributed by atoms with Crippen molar-refractivity contribution < 1.29 is 14.3 Å². The summed E-state index contributed by atoms with van der Waals surface area (Å²) in [7, 11) is 2.97. The number of carbonyl (C=O) groups is 2. The Balaban J connectivity index is 1.61. The Morgan fingerprint density at radius 3 is 2.53 bits per heavy atom. The second-order valence-corrected chi connectivity index (χ2v) is 9.78. The maximum Gasteiger partial charge on any atom is 0.350 e. The summed E-state index contributed by atoms with van der Waals surface area (Å²) >= 11 is 2.18. The number of esters is 1. The van der Waals surface area contributed by atoms with E-state index in [1.54, 1.807) is 25.5 Å². The second kappa shape index (κ2) is 10.5. The summed E-state index contributed by atoms with van der Waals surface area (Å²) in [5, 5.41) is 3.40. The minimum absolute atomic E-state index is 0.0280. The van der Waals surface area contributed by atoms with Crippen LogP contribution >= 0.6 is 23.1 Å². The molecule has 13 heteroatoms. The summed E-state index contributed by atoms with van der Waals surface area (Å²) < 4.78 is 9.09. The summed E-state index contributed by atoms with van der Waals surface area (Å²) in [6.07, 6.45) is 0. The molecule has 3 heterocycles. The van der Waals surface area contributed by atoms with Gasteiger partial charge in [0.05, 0.1) is 24.6 Å². The number of nitrogens with one attached hydrogen (secondary N) is 1. The van der Waals surface area contributed by atoms with Crippen molar-refractivity contribution in [2.45, 2.75) is 25.5 Å². The third-order valence-electron chi connectivity index (χ3n) is 5.33. The highest BCUT2D eigenvalue weighted by molar-refractivity contribution is 7.99. The van der Waals surface area contributed by atoms with Crippen molar-refractivity contribution in [2.24, 2.45) is 14.1 Å². The lowest BCUT2D eigenvalue weighted by Crippen LogP contribution is -2.37. The van der Waals surface area contributed by atoms with Gasteiger partial charge in [0.2, 0.25) is 5.91 Å². The molecule has 0 atom stereocenters. The number of hydrogen-bond acceptors (Lipinski definition) is 9. The van der Waals surface area contributed by atoms with Crippen molar-refractivity contribution in [1.29, 1.82) is 0 Å². The molecule has 0 unspecified atom stereocenters. The predicted molar refractivity (Wildman–Crippen MR) is 138 cm³/mol. The zero-order valence-corrected chi connectivity index (χ0v) is 21.7. The lowest BCUT2D eigenvalue weighted by Gasteiger charge is -2.09. The number of carbonyl (C=O) groups excluding carboxylic acids is 2. The molecule has 188 valence electrons. The van der Waals surface area contributed by atoms with Crippen LogP contribution in [0.15, 0.2) is 45.1 Å². The first-order chi connectivity index (χ1) is 17.2. The first-order valence-corrected chi connectivity index (χ1v) is 12.8. The Morgan fingerprint density at radius 1 is 1.11 bits per heavy atom. The van der Waals surface area contributed by atoms with Crippen LogP contribution < -0.4 is 16.6 Å². The first kappa shape index (κ1) is 25.4. The summed E-state index contributed by atoms with van der Waals surface area (Å²) in [5.74, 6) is -0.867. The smallest absolute Gasteiger partial charge is 0.350 e. The van der Waals surface area contributed by atoms with E-state index >= 15 is 0 Å². The molecule has 0 saturated carbocycles. The van der Waals surface area contributed by atoms with Gasteiger partial charge in [-0.3, -0.25) is 18.7 Å². The minimum atomic E-state index is -0.484. The number of hydrogen-bond donors (Lipinski definition) is 1. The normalized spacial score (nSPS) is 11.1. The number of thioether (sulfide) groups is 1. The van der Waals surface area contributed by atoms with Gasteiger partial charge < -0.3 is 14.6 Å². The van der Waals surface area contributed by atoms with E-state index in [0.29, 0.717) is 22.3 Å². The van der Waals surface area contributed by atoms with Crippen LogP contribution in [0.25, 0.3) is 11.2 Å². The van der Waals surface area contributed by atoms with Crippen molar-refractivity contribution in [1.82, 2.24) is 23.7 Å². The second-order valence-electron chi connectivity index (χ2n) is 7.83. The Kier molecular flexibility index (Phi) is 7.40. The number of aryl methyl sites for hydroxylation is 2. The van der Waals surface area contributed by atoms with E-state index in [2.05, 4.69) is 15.3 Å². The molecule has 1 aromatic carbocycles. The number of nitrogens with zero attached hydrogens (tertiary/aromatic N) is 5. The number of anilines is 1. The lowest BCUT2D eigenvalue weighted by atomic mass is 10.2. The zero-order chi connectivity index (χ0) is 26.0. The molecule has 0 aliphatic heterocycles. The third kappa shape index (κ3) is 4.97. The molecule has 4 rings (SSSR count). The van der Waals surface area contributed by atoms with Gasteiger partial charge in [-0.05, 0) is 19.4 Å². The van der Waals surface area contributed by atoms with E-state index in [1.165, 1.54) is 11.6 Å². The van der Waals surface area contributed by atoms with Crippen LogP contribution in [0.2, 0.25) is 0 Å². The zero-order valence-electron chi connectivity index (χ0n) is 20.1. The van der Waals surface area contributed by atoms with Crippen LogP contribution in [0.4, 0.5) is 5.13 Å². The molecule has 1 N–H and O–H groups in total. The van der Waals surface area contributed by atoms with Crippen LogP contribution in [-0.2, 0) is 30.2 Å². The van der Waals surface area contributed by atoms with Crippen molar-refractivity contribution in [2.75, 3.05) is 17.7 Å². The van der Waals surface area contributed by atoms with Gasteiger partial charge in [-0.15, -0.1) is 0 Å². The number of ether oxygens (including phenoxy) is 1. The van der Waals surface area contributed by atoms with E-state index in [0.717, 1.165) is 33.2 Å². The van der Waals surface area contributed by atoms with Crippen molar-refractivity contribution in [3.63, 3.8) is 0 Å². The quantitative estimate of drug-likeness (QED) is 0.272. The number of fused-ring (bicyclic) bond motifs is 1. The number of thiazole rings is 1. The van der Waals surface area contributed by atoms with Crippen LogP contribution in [0.5, 0.6) is 0 Å². The highest BCUT2D eigenvalue weighted by Gasteiger charge is 2.21. The van der Waals surface area contributed by atoms with Gasteiger partial charge >= 0.3 is 11.7 Å². The fourth-order valence-electron chi connectivity index (χ4n) is 3.57. The molecule has 0 radical (unpaired) electrons. The standard InChI is InChI=1S/C23H24N6O5S2/c1-5-34-20(32)17-13(2)24-21(36-17)25-15(30)12-35-22-26-18-16(19(31)28(4)23(33)27(18)3)29(22)11-14-9-7-6-8-10-14/h6-10H,5,11-12H2,1-4H3,(H,24,25,30). The molecular weight excluding hydrogens is 504 g/mol. The van der Waals surface area contributed by atoms with Crippen LogP contribution in [-0.4, -0.2) is 47.9 Å². The van der Waals surface area contributed by atoms with Gasteiger partial charge in [-0.25, -0.2) is 19.6 Å². The van der Waals surface area contributed by atoms with E-state index in [4.69, 9.17) is 4.74 Å². The number of aromatic nitrogens is 5. The Labute approximate surface area is 213 Å². The summed E-state index contributed by atoms with van der Waals surface area (Å²) in [6.45, 7) is 3.97. The number of benzene rings is 1. The average molecular weight is 529 g/mol. The van der Waals surface area contributed by atoms with Gasteiger partial charge in [-0.1, -0.05) is 53.4 Å². The molecule has 0 saturated heterocycles. The molecule has 3 aromatic heterocycles. The van der Waals surface area contributed by atoms with Gasteiger partial charge in [0.15, 0.2) is 21.5 Å². The predicted octanol–water partition coefficient (Wildman–Crippen LogP) is 2.15. The van der Waals surface area contributed by atoms with Gasteiger partial charge in [-0.2, -0.15) is 0 Å². The van der Waals surface area contributed by atoms with Crippen LogP contribution in [0, 0.1) is 6.92 Å². The molecule has 4 aromatic rings. The minimum Gasteiger partial charge on any atom is -0.462 e. The van der Waals surface area contributed by atoms with Crippen LogP contribution in [0.1, 0.15) is 27.9 Å². The van der Waals surface area contributed by atoms with E-state index in [-0.39, 0.29) is 34.6 Å². The summed E-state index contributed by atoms with van der Waals surface area (Å²) in [6, 6.07) is 9.52. The molecule has 36 heavy (non-hydrogen) atoms. The molecule has 0 bridgehead atoms. The fraction of sp³-hybridized carbons (Fsp3) is 0.304. The Morgan fingerprint density at radius 2 is 1.83 bits per heavy atom.